The van der Waals surface area contributed by atoms with E-state index in [9.17, 15) is 26.7 Å². The molecule has 0 saturated heterocycles. The van der Waals surface area contributed by atoms with Gasteiger partial charge >= 0.3 is 6.18 Å². The number of nitrogens with one attached hydrogen (secondary N) is 1. The van der Waals surface area contributed by atoms with Crippen molar-refractivity contribution in [3.63, 3.8) is 0 Å². The topological polar surface area (TPSA) is 63.6 Å². The van der Waals surface area contributed by atoms with Gasteiger partial charge in [-0.2, -0.15) is 18.3 Å². The normalized spacial score (nSPS) is 11.7. The maximum Gasteiger partial charge on any atom is 0.396 e. The van der Waals surface area contributed by atoms with E-state index < -0.39 is 35.5 Å². The van der Waals surface area contributed by atoms with Gasteiger partial charge in [0, 0.05) is 30.1 Å². The van der Waals surface area contributed by atoms with Crippen LogP contribution in [-0.2, 0) is 13.0 Å². The lowest BCUT2D eigenvalue weighted by molar-refractivity contribution is -0.128. The quantitative estimate of drug-likeness (QED) is 0.718. The molecule has 0 amide bonds. The van der Waals surface area contributed by atoms with E-state index in [1.807, 2.05) is 0 Å². The molecule has 3 aromatic rings. The van der Waals surface area contributed by atoms with Crippen molar-refractivity contribution in [2.24, 2.45) is 0 Å². The molecule has 3 rings (SSSR count). The Morgan fingerprint density at radius 1 is 1.15 bits per heavy atom. The molecule has 0 unspecified atom stereocenters. The van der Waals surface area contributed by atoms with E-state index in [0.717, 1.165) is 16.8 Å². The lowest BCUT2D eigenvalue weighted by Gasteiger charge is -2.07. The number of aromatic amines is 1. The summed E-state index contributed by atoms with van der Waals surface area (Å²) in [6.45, 7) is -0.319. The number of alkyl halides is 3. The molecule has 2 aromatic heterocycles. The highest BCUT2D eigenvalue weighted by molar-refractivity contribution is 5.53. The van der Waals surface area contributed by atoms with E-state index in [1.54, 1.807) is 0 Å². The molecule has 0 fully saturated rings. The Morgan fingerprint density at radius 2 is 1.92 bits per heavy atom. The summed E-state index contributed by atoms with van der Waals surface area (Å²) < 4.78 is 65.8. The van der Waals surface area contributed by atoms with Crippen LogP contribution in [0.3, 0.4) is 0 Å². The second-order valence-corrected chi connectivity index (χ2v) is 5.46. The van der Waals surface area contributed by atoms with Crippen LogP contribution in [0.2, 0.25) is 0 Å². The Bertz CT molecular complexity index is 993. The van der Waals surface area contributed by atoms with Crippen molar-refractivity contribution in [2.45, 2.75) is 19.1 Å². The van der Waals surface area contributed by atoms with Gasteiger partial charge in [0.2, 0.25) is 0 Å². The summed E-state index contributed by atoms with van der Waals surface area (Å²) in [5.41, 5.74) is -0.519. The lowest BCUT2D eigenvalue weighted by Crippen LogP contribution is -2.13. The lowest BCUT2D eigenvalue weighted by atomic mass is 10.2. The van der Waals surface area contributed by atoms with Gasteiger partial charge in [0.1, 0.15) is 18.1 Å². The molecule has 0 spiro atoms. The molecule has 0 saturated carbocycles. The Kier molecular flexibility index (Phi) is 4.58. The van der Waals surface area contributed by atoms with Crippen LogP contribution in [0.1, 0.15) is 11.4 Å². The molecule has 0 aliphatic heterocycles. The van der Waals surface area contributed by atoms with Gasteiger partial charge in [0.15, 0.2) is 17.1 Å². The third-order valence-corrected chi connectivity index (χ3v) is 3.47. The summed E-state index contributed by atoms with van der Waals surface area (Å²) in [5, 5.41) is 3.74. The maximum atomic E-state index is 13.9. The highest BCUT2D eigenvalue weighted by Crippen LogP contribution is 2.22. The Morgan fingerprint density at radius 3 is 2.58 bits per heavy atom. The fourth-order valence-electron chi connectivity index (χ4n) is 2.35. The number of aromatic nitrogens is 4. The maximum absolute atomic E-state index is 13.9. The minimum atomic E-state index is -4.55. The molecule has 10 heteroatoms. The van der Waals surface area contributed by atoms with Crippen molar-refractivity contribution < 1.29 is 22.0 Å². The fraction of sp³-hybridized carbons (Fsp3) is 0.188. The molecule has 0 bridgehead atoms. The third-order valence-electron chi connectivity index (χ3n) is 3.47. The van der Waals surface area contributed by atoms with Crippen molar-refractivity contribution in [2.75, 3.05) is 0 Å². The van der Waals surface area contributed by atoms with Crippen LogP contribution >= 0.6 is 0 Å². The van der Waals surface area contributed by atoms with E-state index in [2.05, 4.69) is 15.1 Å². The molecule has 2 heterocycles. The van der Waals surface area contributed by atoms with Gasteiger partial charge in [-0.15, -0.1) is 0 Å². The van der Waals surface area contributed by atoms with Crippen molar-refractivity contribution in [3.8, 4) is 11.4 Å². The Balaban J connectivity index is 2.07. The van der Waals surface area contributed by atoms with Crippen LogP contribution in [0, 0.1) is 11.6 Å². The molecule has 0 aliphatic rings. The van der Waals surface area contributed by atoms with E-state index in [0.29, 0.717) is 6.07 Å². The molecule has 0 aliphatic carbocycles. The van der Waals surface area contributed by atoms with Crippen LogP contribution in [0.25, 0.3) is 11.4 Å². The minimum Gasteiger partial charge on any atom is -0.367 e. The van der Waals surface area contributed by atoms with E-state index >= 15 is 0 Å². The van der Waals surface area contributed by atoms with Crippen LogP contribution in [-0.4, -0.2) is 25.9 Å². The van der Waals surface area contributed by atoms with E-state index in [4.69, 9.17) is 0 Å². The second kappa shape index (κ2) is 6.70. The van der Waals surface area contributed by atoms with Gasteiger partial charge in [-0.25, -0.2) is 18.4 Å². The predicted molar refractivity (Wildman–Crippen MR) is 81.3 cm³/mol. The Labute approximate surface area is 143 Å². The first kappa shape index (κ1) is 17.8. The average Bonchev–Trinajstić information content (AvgIpc) is 2.91. The van der Waals surface area contributed by atoms with Crippen LogP contribution in [0.5, 0.6) is 0 Å². The number of halogens is 5. The van der Waals surface area contributed by atoms with Gasteiger partial charge in [-0.1, -0.05) is 6.07 Å². The molecule has 1 N–H and O–H groups in total. The summed E-state index contributed by atoms with van der Waals surface area (Å²) in [6.07, 6.45) is -3.33. The van der Waals surface area contributed by atoms with Gasteiger partial charge in [0.05, 0.1) is 12.1 Å². The van der Waals surface area contributed by atoms with Crippen LogP contribution in [0.15, 0.2) is 41.5 Å². The third kappa shape index (κ3) is 3.95. The average molecular weight is 370 g/mol. The number of benzene rings is 1. The number of nitrogens with zero attached hydrogens (tertiary/aromatic N) is 3. The zero-order valence-electron chi connectivity index (χ0n) is 13.0. The Hall–Kier alpha value is -3.04. The first-order valence-corrected chi connectivity index (χ1v) is 7.35. The van der Waals surface area contributed by atoms with Crippen molar-refractivity contribution in [3.05, 3.63) is 69.9 Å². The summed E-state index contributed by atoms with van der Waals surface area (Å²) >= 11 is 0. The van der Waals surface area contributed by atoms with Gasteiger partial charge in [-0.3, -0.25) is 4.79 Å². The second-order valence-electron chi connectivity index (χ2n) is 5.46. The zero-order valence-corrected chi connectivity index (χ0v) is 13.0. The number of H-pyrrole nitrogens is 1. The number of pyridine rings is 1. The highest BCUT2D eigenvalue weighted by atomic mass is 19.4. The minimum absolute atomic E-state index is 0.0107. The standard InChI is InChI=1S/C16H11F5N4O/c17-10-2-1-9(12(18)5-10)8-25-15(11-7-22-4-3-13(11)26)23-14(24-25)6-16(19,20)21/h1-5,7H,6,8H2,(H,22,26). The monoisotopic (exact) mass is 370 g/mol. The van der Waals surface area contributed by atoms with Crippen molar-refractivity contribution >= 4 is 0 Å². The first-order valence-electron chi connectivity index (χ1n) is 7.35. The van der Waals surface area contributed by atoms with Crippen LogP contribution < -0.4 is 5.43 Å². The van der Waals surface area contributed by atoms with Crippen LogP contribution in [0.4, 0.5) is 22.0 Å². The highest BCUT2D eigenvalue weighted by Gasteiger charge is 2.31. The van der Waals surface area contributed by atoms with Crippen molar-refractivity contribution in [1.29, 1.82) is 0 Å². The molecule has 136 valence electrons. The molecular formula is C16H11F5N4O. The summed E-state index contributed by atoms with van der Waals surface area (Å²) in [7, 11) is 0. The SMILES string of the molecule is O=c1cc[nH]cc1-c1nc(CC(F)(F)F)nn1Cc1ccc(F)cc1F. The molecule has 26 heavy (non-hydrogen) atoms. The molecule has 5 nitrogen and oxygen atoms in total. The van der Waals surface area contributed by atoms with Gasteiger partial charge < -0.3 is 4.98 Å². The molecule has 0 radical (unpaired) electrons. The van der Waals surface area contributed by atoms with E-state index in [-0.39, 0.29) is 23.5 Å². The van der Waals surface area contributed by atoms with Gasteiger partial charge in [-0.05, 0) is 6.07 Å². The smallest absolute Gasteiger partial charge is 0.367 e. The summed E-state index contributed by atoms with van der Waals surface area (Å²) in [5.74, 6) is -2.37. The van der Waals surface area contributed by atoms with E-state index in [1.165, 1.54) is 18.5 Å². The molecular weight excluding hydrogens is 359 g/mol. The number of rotatable bonds is 4. The summed E-state index contributed by atoms with van der Waals surface area (Å²) in [4.78, 5) is 18.4. The zero-order chi connectivity index (χ0) is 18.9. The molecule has 1 aromatic carbocycles. The number of hydrogen-bond acceptors (Lipinski definition) is 3. The fourth-order valence-corrected chi connectivity index (χ4v) is 2.35. The summed E-state index contributed by atoms with van der Waals surface area (Å²) in [6, 6.07) is 3.99. The van der Waals surface area contributed by atoms with Crippen molar-refractivity contribution in [1.82, 2.24) is 19.7 Å². The molecule has 0 atom stereocenters. The first-order chi connectivity index (χ1) is 12.2. The predicted octanol–water partition coefficient (Wildman–Crippen LogP) is 3.06. The number of hydrogen-bond donors (Lipinski definition) is 1. The van der Waals surface area contributed by atoms with Gasteiger partial charge in [0.25, 0.3) is 0 Å². The largest absolute Gasteiger partial charge is 0.396 e.